The SMILES string of the molecule is O[C@H](CO[C@@H]1CCCc2ccccc21)CN1CCC[C@H]1c1ccc2c(c1)OCCO2. The zero-order chi connectivity index (χ0) is 20.3. The maximum absolute atomic E-state index is 10.7. The average molecular weight is 410 g/mol. The van der Waals surface area contributed by atoms with Gasteiger partial charge in [0.15, 0.2) is 11.5 Å². The van der Waals surface area contributed by atoms with E-state index in [1.54, 1.807) is 0 Å². The fourth-order valence-electron chi connectivity index (χ4n) is 5.12. The van der Waals surface area contributed by atoms with Gasteiger partial charge < -0.3 is 19.3 Å². The summed E-state index contributed by atoms with van der Waals surface area (Å²) >= 11 is 0. The second-order valence-electron chi connectivity index (χ2n) is 8.62. The van der Waals surface area contributed by atoms with Crippen molar-refractivity contribution in [3.63, 3.8) is 0 Å². The van der Waals surface area contributed by atoms with E-state index in [1.165, 1.54) is 16.7 Å². The predicted molar refractivity (Wildman–Crippen MR) is 115 cm³/mol. The number of fused-ring (bicyclic) bond motifs is 2. The lowest BCUT2D eigenvalue weighted by atomic mass is 9.89. The molecule has 0 amide bonds. The third-order valence-electron chi connectivity index (χ3n) is 6.56. The molecule has 0 bridgehead atoms. The second kappa shape index (κ2) is 8.96. The van der Waals surface area contributed by atoms with Crippen LogP contribution in [-0.2, 0) is 11.2 Å². The molecular weight excluding hydrogens is 378 g/mol. The maximum atomic E-state index is 10.7. The van der Waals surface area contributed by atoms with Crippen LogP contribution in [0.25, 0.3) is 0 Å². The fourth-order valence-corrected chi connectivity index (χ4v) is 5.12. The van der Waals surface area contributed by atoms with Crippen LogP contribution in [0.4, 0.5) is 0 Å². The summed E-state index contributed by atoms with van der Waals surface area (Å²) < 4.78 is 17.6. The molecule has 0 radical (unpaired) electrons. The van der Waals surface area contributed by atoms with E-state index >= 15 is 0 Å². The van der Waals surface area contributed by atoms with Gasteiger partial charge in [0.1, 0.15) is 13.2 Å². The molecule has 0 spiro atoms. The second-order valence-corrected chi connectivity index (χ2v) is 8.62. The van der Waals surface area contributed by atoms with Crippen LogP contribution in [0, 0.1) is 0 Å². The van der Waals surface area contributed by atoms with Gasteiger partial charge in [0.25, 0.3) is 0 Å². The quantitative estimate of drug-likeness (QED) is 0.780. The lowest BCUT2D eigenvalue weighted by molar-refractivity contribution is -0.0294. The van der Waals surface area contributed by atoms with Gasteiger partial charge in [0.05, 0.1) is 18.8 Å². The highest BCUT2D eigenvalue weighted by molar-refractivity contribution is 5.44. The monoisotopic (exact) mass is 409 g/mol. The van der Waals surface area contributed by atoms with Gasteiger partial charge in [-0.05, 0) is 67.5 Å². The van der Waals surface area contributed by atoms with Crippen LogP contribution >= 0.6 is 0 Å². The summed E-state index contributed by atoms with van der Waals surface area (Å²) in [6.45, 7) is 3.23. The predicted octanol–water partition coefficient (Wildman–Crippen LogP) is 4.05. The molecule has 2 aliphatic heterocycles. The van der Waals surface area contributed by atoms with Gasteiger partial charge in [-0.15, -0.1) is 0 Å². The van der Waals surface area contributed by atoms with E-state index in [0.29, 0.717) is 32.4 Å². The Morgan fingerprint density at radius 3 is 2.83 bits per heavy atom. The normalized spacial score (nSPS) is 24.4. The molecule has 5 nitrogen and oxygen atoms in total. The molecule has 5 rings (SSSR count). The number of aliphatic hydroxyl groups is 1. The van der Waals surface area contributed by atoms with Crippen LogP contribution in [0.3, 0.4) is 0 Å². The minimum atomic E-state index is -0.489. The first-order valence-electron chi connectivity index (χ1n) is 11.3. The van der Waals surface area contributed by atoms with Crippen molar-refractivity contribution in [2.75, 3.05) is 32.9 Å². The van der Waals surface area contributed by atoms with Crippen LogP contribution in [0.2, 0.25) is 0 Å². The van der Waals surface area contributed by atoms with E-state index in [2.05, 4.69) is 41.3 Å². The highest BCUT2D eigenvalue weighted by Crippen LogP contribution is 2.38. The standard InChI is InChI=1S/C25H31NO4/c27-20(17-30-23-9-3-6-18-5-1-2-7-21(18)23)16-26-12-4-8-22(26)19-10-11-24-25(15-19)29-14-13-28-24/h1-2,5,7,10-11,15,20,22-23,27H,3-4,6,8-9,12-14,16-17H2/t20-,22-,23+/m0/s1. The van der Waals surface area contributed by atoms with E-state index < -0.39 is 6.10 Å². The molecule has 0 unspecified atom stereocenters. The minimum absolute atomic E-state index is 0.108. The van der Waals surface area contributed by atoms with Gasteiger partial charge in [-0.2, -0.15) is 0 Å². The molecule has 0 aromatic heterocycles. The molecule has 2 heterocycles. The molecule has 0 saturated carbocycles. The van der Waals surface area contributed by atoms with Crippen LogP contribution in [-0.4, -0.2) is 49.0 Å². The Balaban J connectivity index is 1.19. The lowest BCUT2D eigenvalue weighted by Gasteiger charge is -2.30. The van der Waals surface area contributed by atoms with E-state index in [1.807, 2.05) is 6.07 Å². The van der Waals surface area contributed by atoms with E-state index in [0.717, 1.165) is 50.1 Å². The number of aliphatic hydroxyl groups excluding tert-OH is 1. The van der Waals surface area contributed by atoms with Crippen molar-refractivity contribution in [1.29, 1.82) is 0 Å². The molecule has 1 fully saturated rings. The van der Waals surface area contributed by atoms with Crippen molar-refractivity contribution in [3.05, 3.63) is 59.2 Å². The zero-order valence-electron chi connectivity index (χ0n) is 17.5. The molecule has 2 aromatic carbocycles. The third-order valence-corrected chi connectivity index (χ3v) is 6.56. The number of hydrogen-bond acceptors (Lipinski definition) is 5. The molecule has 5 heteroatoms. The molecule has 1 saturated heterocycles. The van der Waals surface area contributed by atoms with Crippen molar-refractivity contribution >= 4 is 0 Å². The van der Waals surface area contributed by atoms with Crippen LogP contribution in [0.15, 0.2) is 42.5 Å². The summed E-state index contributed by atoms with van der Waals surface area (Å²) in [6, 6.07) is 15.1. The van der Waals surface area contributed by atoms with Crippen molar-refractivity contribution in [2.45, 2.75) is 50.4 Å². The number of likely N-dealkylation sites (tertiary alicyclic amines) is 1. The van der Waals surface area contributed by atoms with Gasteiger partial charge in [-0.25, -0.2) is 0 Å². The highest BCUT2D eigenvalue weighted by Gasteiger charge is 2.29. The van der Waals surface area contributed by atoms with E-state index in [-0.39, 0.29) is 6.10 Å². The van der Waals surface area contributed by atoms with Crippen LogP contribution in [0.5, 0.6) is 11.5 Å². The number of rotatable bonds is 6. The number of aryl methyl sites for hydroxylation is 1. The number of nitrogens with zero attached hydrogens (tertiary/aromatic N) is 1. The Kier molecular flexibility index (Phi) is 5.93. The average Bonchev–Trinajstić information content (AvgIpc) is 3.25. The topological polar surface area (TPSA) is 51.2 Å². The van der Waals surface area contributed by atoms with Crippen molar-refractivity contribution in [3.8, 4) is 11.5 Å². The molecule has 160 valence electrons. The number of β-amino-alcohol motifs (C(OH)–C–C–N with tert-alkyl or cyclic N) is 1. The number of benzene rings is 2. The van der Waals surface area contributed by atoms with Gasteiger partial charge in [-0.1, -0.05) is 30.3 Å². The summed E-state index contributed by atoms with van der Waals surface area (Å²) in [4.78, 5) is 2.38. The molecule has 3 atom stereocenters. The van der Waals surface area contributed by atoms with Crippen LogP contribution < -0.4 is 9.47 Å². The Labute approximate surface area is 178 Å². The maximum Gasteiger partial charge on any atom is 0.161 e. The number of ether oxygens (including phenoxy) is 3. The minimum Gasteiger partial charge on any atom is -0.486 e. The molecule has 3 aliphatic rings. The Morgan fingerprint density at radius 2 is 1.90 bits per heavy atom. The summed E-state index contributed by atoms with van der Waals surface area (Å²) in [5, 5.41) is 10.7. The van der Waals surface area contributed by atoms with Crippen molar-refractivity contribution in [1.82, 2.24) is 4.90 Å². The smallest absolute Gasteiger partial charge is 0.161 e. The van der Waals surface area contributed by atoms with Gasteiger partial charge in [0.2, 0.25) is 0 Å². The van der Waals surface area contributed by atoms with Crippen LogP contribution in [0.1, 0.15) is 54.5 Å². The first-order chi connectivity index (χ1) is 14.8. The van der Waals surface area contributed by atoms with E-state index in [9.17, 15) is 5.11 Å². The van der Waals surface area contributed by atoms with Crippen molar-refractivity contribution < 1.29 is 19.3 Å². The third kappa shape index (κ3) is 4.20. The first-order valence-corrected chi connectivity index (χ1v) is 11.3. The summed E-state index contributed by atoms with van der Waals surface area (Å²) in [6.07, 6.45) is 5.17. The molecule has 1 aliphatic carbocycles. The number of hydrogen-bond donors (Lipinski definition) is 1. The van der Waals surface area contributed by atoms with Gasteiger partial charge in [-0.3, -0.25) is 4.90 Å². The Bertz CT molecular complexity index is 870. The highest BCUT2D eigenvalue weighted by atomic mass is 16.6. The van der Waals surface area contributed by atoms with Gasteiger partial charge >= 0.3 is 0 Å². The lowest BCUT2D eigenvalue weighted by Crippen LogP contribution is -2.35. The summed E-state index contributed by atoms with van der Waals surface area (Å²) in [5.74, 6) is 1.67. The molecule has 30 heavy (non-hydrogen) atoms. The summed E-state index contributed by atoms with van der Waals surface area (Å²) in [5.41, 5.74) is 3.93. The molecular formula is C25H31NO4. The Morgan fingerprint density at radius 1 is 1.03 bits per heavy atom. The van der Waals surface area contributed by atoms with Gasteiger partial charge in [0, 0.05) is 12.6 Å². The zero-order valence-corrected chi connectivity index (χ0v) is 17.5. The molecule has 1 N–H and O–H groups in total. The van der Waals surface area contributed by atoms with E-state index in [4.69, 9.17) is 14.2 Å². The fraction of sp³-hybridized carbons (Fsp3) is 0.520. The summed E-state index contributed by atoms with van der Waals surface area (Å²) in [7, 11) is 0. The first kappa shape index (κ1) is 19.9. The Hall–Kier alpha value is -2.08. The van der Waals surface area contributed by atoms with Crippen molar-refractivity contribution in [2.24, 2.45) is 0 Å². The largest absolute Gasteiger partial charge is 0.486 e. The molecule has 2 aromatic rings.